The molecule has 3 rings (SSSR count). The van der Waals surface area contributed by atoms with Gasteiger partial charge in [-0.05, 0) is 19.1 Å². The van der Waals surface area contributed by atoms with Gasteiger partial charge in [0.1, 0.15) is 5.82 Å². The van der Waals surface area contributed by atoms with Gasteiger partial charge in [-0.1, -0.05) is 5.92 Å². The minimum atomic E-state index is 0.257. The first-order chi connectivity index (χ1) is 9.21. The Labute approximate surface area is 114 Å². The first-order valence-corrected chi connectivity index (χ1v) is 6.72. The van der Waals surface area contributed by atoms with Gasteiger partial charge in [-0.3, -0.25) is 4.90 Å². The molecule has 0 saturated carbocycles. The molecule has 2 saturated heterocycles. The topological polar surface area (TPSA) is 28.6 Å². The monoisotopic (exact) mass is 257 g/mol. The lowest BCUT2D eigenvalue weighted by molar-refractivity contribution is -0.131. The molecule has 0 amide bonds. The fourth-order valence-electron chi connectivity index (χ4n) is 2.71. The highest BCUT2D eigenvalue weighted by Gasteiger charge is 2.40. The highest BCUT2D eigenvalue weighted by Crippen LogP contribution is 2.26. The van der Waals surface area contributed by atoms with Crippen LogP contribution in [-0.2, 0) is 4.74 Å². The predicted octanol–water partition coefficient (Wildman–Crippen LogP) is 0.974. The summed E-state index contributed by atoms with van der Waals surface area (Å²) in [5, 5.41) is 0. The van der Waals surface area contributed by atoms with Crippen molar-refractivity contribution in [2.75, 3.05) is 44.3 Å². The van der Waals surface area contributed by atoms with Gasteiger partial charge < -0.3 is 9.64 Å². The smallest absolute Gasteiger partial charge is 0.128 e. The molecule has 0 N–H and O–H groups in total. The molecule has 0 spiro atoms. The maximum atomic E-state index is 5.34. The number of pyridine rings is 1. The molecule has 2 fully saturated rings. The van der Waals surface area contributed by atoms with E-state index in [2.05, 4.69) is 27.6 Å². The Bertz CT molecular complexity index is 479. The maximum Gasteiger partial charge on any atom is 0.128 e. The lowest BCUT2D eigenvalue weighted by atomic mass is 9.97. The van der Waals surface area contributed by atoms with Crippen molar-refractivity contribution >= 4 is 5.82 Å². The molecule has 2 aliphatic heterocycles. The van der Waals surface area contributed by atoms with Crippen LogP contribution in [0.2, 0.25) is 0 Å². The maximum absolute atomic E-state index is 5.34. The average molecular weight is 257 g/mol. The molecule has 0 bridgehead atoms. The van der Waals surface area contributed by atoms with Crippen molar-refractivity contribution < 1.29 is 4.74 Å². The zero-order valence-corrected chi connectivity index (χ0v) is 11.3. The second-order valence-electron chi connectivity index (χ2n) is 5.51. The van der Waals surface area contributed by atoms with Gasteiger partial charge >= 0.3 is 0 Å². The molecule has 0 unspecified atom stereocenters. The lowest BCUT2D eigenvalue weighted by Crippen LogP contribution is -2.64. The lowest BCUT2D eigenvalue weighted by Gasteiger charge is -2.50. The number of piperazine rings is 1. The fraction of sp³-hybridized carbons (Fsp3) is 0.533. The van der Waals surface area contributed by atoms with Gasteiger partial charge in [-0.15, -0.1) is 6.42 Å². The third-order valence-corrected chi connectivity index (χ3v) is 4.11. The Kier molecular flexibility index (Phi) is 3.17. The Morgan fingerprint density at radius 2 is 2.00 bits per heavy atom. The molecule has 0 atom stereocenters. The van der Waals surface area contributed by atoms with E-state index in [-0.39, 0.29) is 5.54 Å². The van der Waals surface area contributed by atoms with E-state index < -0.39 is 0 Å². The first kappa shape index (κ1) is 12.5. The molecule has 1 aromatic heterocycles. The van der Waals surface area contributed by atoms with E-state index in [0.29, 0.717) is 0 Å². The van der Waals surface area contributed by atoms with Crippen LogP contribution in [0.4, 0.5) is 5.82 Å². The Morgan fingerprint density at radius 3 is 2.47 bits per heavy atom. The molecule has 2 aliphatic rings. The Hall–Kier alpha value is -1.57. The standard InChI is InChI=1S/C15H19N3O/c1-3-13-4-5-14(16-10-13)17-6-8-18(9-7-17)15(2)11-19-12-15/h1,4-5,10H,6-9,11-12H2,2H3. The van der Waals surface area contributed by atoms with Crippen LogP contribution in [0.15, 0.2) is 18.3 Å². The van der Waals surface area contributed by atoms with Crippen LogP contribution in [0.3, 0.4) is 0 Å². The number of terminal acetylenes is 1. The van der Waals surface area contributed by atoms with Crippen LogP contribution >= 0.6 is 0 Å². The highest BCUT2D eigenvalue weighted by atomic mass is 16.5. The zero-order valence-electron chi connectivity index (χ0n) is 11.3. The summed E-state index contributed by atoms with van der Waals surface area (Å²) in [6.45, 7) is 8.17. The molecule has 4 nitrogen and oxygen atoms in total. The van der Waals surface area contributed by atoms with Crippen LogP contribution < -0.4 is 4.90 Å². The summed E-state index contributed by atoms with van der Waals surface area (Å²) in [4.78, 5) is 9.28. The van der Waals surface area contributed by atoms with E-state index in [9.17, 15) is 0 Å². The van der Waals surface area contributed by atoms with E-state index in [1.807, 2.05) is 12.1 Å². The van der Waals surface area contributed by atoms with Gasteiger partial charge in [0.05, 0.1) is 18.8 Å². The number of hydrogen-bond acceptors (Lipinski definition) is 4. The third kappa shape index (κ3) is 2.32. The summed E-state index contributed by atoms with van der Waals surface area (Å²) in [6, 6.07) is 3.97. The summed E-state index contributed by atoms with van der Waals surface area (Å²) >= 11 is 0. The van der Waals surface area contributed by atoms with Crippen LogP contribution in [0, 0.1) is 12.3 Å². The van der Waals surface area contributed by atoms with Gasteiger partial charge in [0.15, 0.2) is 0 Å². The molecule has 4 heteroatoms. The molecule has 100 valence electrons. The van der Waals surface area contributed by atoms with Crippen molar-refractivity contribution in [3.05, 3.63) is 23.9 Å². The molecule has 1 aromatic rings. The number of anilines is 1. The number of nitrogens with zero attached hydrogens (tertiary/aromatic N) is 3. The largest absolute Gasteiger partial charge is 0.377 e. The van der Waals surface area contributed by atoms with Crippen molar-refractivity contribution in [3.63, 3.8) is 0 Å². The van der Waals surface area contributed by atoms with Crippen molar-refractivity contribution in [1.29, 1.82) is 0 Å². The van der Waals surface area contributed by atoms with Crippen LogP contribution in [0.5, 0.6) is 0 Å². The van der Waals surface area contributed by atoms with Gasteiger partial charge in [0, 0.05) is 37.9 Å². The van der Waals surface area contributed by atoms with Crippen LogP contribution in [0.25, 0.3) is 0 Å². The molecule has 0 aromatic carbocycles. The number of hydrogen-bond donors (Lipinski definition) is 0. The summed E-state index contributed by atoms with van der Waals surface area (Å²) in [5.41, 5.74) is 1.09. The summed E-state index contributed by atoms with van der Waals surface area (Å²) in [5.74, 6) is 3.62. The van der Waals surface area contributed by atoms with Crippen molar-refractivity contribution in [3.8, 4) is 12.3 Å². The fourth-order valence-corrected chi connectivity index (χ4v) is 2.71. The second kappa shape index (κ2) is 4.84. The molecule has 3 heterocycles. The molecule has 19 heavy (non-hydrogen) atoms. The van der Waals surface area contributed by atoms with Crippen molar-refractivity contribution in [2.24, 2.45) is 0 Å². The summed E-state index contributed by atoms with van der Waals surface area (Å²) in [6.07, 6.45) is 7.11. The zero-order chi connectivity index (χ0) is 13.3. The van der Waals surface area contributed by atoms with E-state index in [1.54, 1.807) is 6.20 Å². The normalized spacial score (nSPS) is 22.6. The quantitative estimate of drug-likeness (QED) is 0.738. The molecule has 0 aliphatic carbocycles. The SMILES string of the molecule is C#Cc1ccc(N2CCN(C3(C)COC3)CC2)nc1. The Balaban J connectivity index is 1.61. The Morgan fingerprint density at radius 1 is 1.26 bits per heavy atom. The number of rotatable bonds is 2. The van der Waals surface area contributed by atoms with E-state index in [4.69, 9.17) is 11.2 Å². The molecule has 0 radical (unpaired) electrons. The van der Waals surface area contributed by atoms with Crippen molar-refractivity contribution in [2.45, 2.75) is 12.5 Å². The van der Waals surface area contributed by atoms with E-state index >= 15 is 0 Å². The van der Waals surface area contributed by atoms with Gasteiger partial charge in [0.2, 0.25) is 0 Å². The van der Waals surface area contributed by atoms with Gasteiger partial charge in [-0.25, -0.2) is 4.98 Å². The van der Waals surface area contributed by atoms with Crippen molar-refractivity contribution in [1.82, 2.24) is 9.88 Å². The van der Waals surface area contributed by atoms with Crippen LogP contribution in [0.1, 0.15) is 12.5 Å². The minimum absolute atomic E-state index is 0.257. The molecular weight excluding hydrogens is 238 g/mol. The predicted molar refractivity (Wildman–Crippen MR) is 75.2 cm³/mol. The van der Waals surface area contributed by atoms with Gasteiger partial charge in [-0.2, -0.15) is 0 Å². The van der Waals surface area contributed by atoms with Gasteiger partial charge in [0.25, 0.3) is 0 Å². The molecular formula is C15H19N3O. The van der Waals surface area contributed by atoms with E-state index in [1.165, 1.54) is 0 Å². The second-order valence-corrected chi connectivity index (χ2v) is 5.51. The summed E-state index contributed by atoms with van der Waals surface area (Å²) in [7, 11) is 0. The summed E-state index contributed by atoms with van der Waals surface area (Å²) < 4.78 is 5.34. The highest BCUT2D eigenvalue weighted by molar-refractivity contribution is 5.43. The number of aromatic nitrogens is 1. The van der Waals surface area contributed by atoms with Crippen LogP contribution in [-0.4, -0.2) is 54.8 Å². The minimum Gasteiger partial charge on any atom is -0.377 e. The average Bonchev–Trinajstić information content (AvgIpc) is 2.45. The third-order valence-electron chi connectivity index (χ3n) is 4.11. The number of ether oxygens (including phenoxy) is 1. The first-order valence-electron chi connectivity index (χ1n) is 6.72. The van der Waals surface area contributed by atoms with E-state index in [0.717, 1.165) is 50.8 Å².